The van der Waals surface area contributed by atoms with Crippen molar-refractivity contribution >= 4 is 16.5 Å². The van der Waals surface area contributed by atoms with Crippen molar-refractivity contribution in [2.75, 3.05) is 6.61 Å². The van der Waals surface area contributed by atoms with Crippen LogP contribution in [0.4, 0.5) is 0 Å². The van der Waals surface area contributed by atoms with Crippen molar-refractivity contribution in [2.24, 2.45) is 4.40 Å². The van der Waals surface area contributed by atoms with Crippen molar-refractivity contribution in [3.63, 3.8) is 0 Å². The Kier molecular flexibility index (Phi) is 6.38. The average molecular weight is 217 g/mol. The molecule has 0 aliphatic carbocycles. The summed E-state index contributed by atoms with van der Waals surface area (Å²) in [5, 5.41) is 0. The first-order chi connectivity index (χ1) is 5.08. The molecule has 0 aromatic carbocycles. The monoisotopic (exact) mass is 217 g/mol. The van der Waals surface area contributed by atoms with Crippen molar-refractivity contribution in [1.29, 1.82) is 0 Å². The minimum Gasteiger partial charge on any atom is -0.730 e. The van der Waals surface area contributed by atoms with Gasteiger partial charge in [0, 0.05) is 12.8 Å². The van der Waals surface area contributed by atoms with Crippen molar-refractivity contribution < 1.29 is 69.1 Å². The molecule has 0 spiro atoms. The van der Waals surface area contributed by atoms with Gasteiger partial charge in [0.05, 0.1) is 6.10 Å². The van der Waals surface area contributed by atoms with Gasteiger partial charge in [-0.2, -0.15) is 4.40 Å². The minimum atomic E-state index is -4.47. The molecule has 64 valence electrons. The van der Waals surface area contributed by atoms with Crippen LogP contribution in [-0.2, 0) is 15.0 Å². The van der Waals surface area contributed by atoms with Gasteiger partial charge >= 0.3 is 51.4 Å². The molecule has 1 heterocycles. The second-order valence-corrected chi connectivity index (χ2v) is 3.30. The fraction of sp³-hybridized carbons (Fsp3) is 0.800. The molecule has 0 aromatic heterocycles. The first-order valence-electron chi connectivity index (χ1n) is 3.21. The Morgan fingerprint density at radius 2 is 2.25 bits per heavy atom. The van der Waals surface area contributed by atoms with E-state index in [9.17, 15) is 13.0 Å². The van der Waals surface area contributed by atoms with E-state index in [4.69, 9.17) is 4.74 Å². The quantitative estimate of drug-likeness (QED) is 0.276. The summed E-state index contributed by atoms with van der Waals surface area (Å²) >= 11 is 0. The first kappa shape index (κ1) is 13.2. The molecule has 1 saturated heterocycles. The van der Waals surface area contributed by atoms with Gasteiger partial charge in [0.1, 0.15) is 0 Å². The third-order valence-electron chi connectivity index (χ3n) is 1.32. The van der Waals surface area contributed by atoms with Gasteiger partial charge in [-0.1, -0.05) is 0 Å². The van der Waals surface area contributed by atoms with Crippen molar-refractivity contribution in [3.8, 4) is 0 Å². The van der Waals surface area contributed by atoms with Gasteiger partial charge in [-0.25, -0.2) is 8.42 Å². The fourth-order valence-corrected chi connectivity index (χ4v) is 1.15. The van der Waals surface area contributed by atoms with Gasteiger partial charge in [0.2, 0.25) is 10.3 Å². The third-order valence-corrected chi connectivity index (χ3v) is 1.70. The Labute approximate surface area is 114 Å². The van der Waals surface area contributed by atoms with Crippen LogP contribution in [-0.4, -0.2) is 31.9 Å². The Morgan fingerprint density at radius 3 is 2.67 bits per heavy atom. The van der Waals surface area contributed by atoms with Crippen LogP contribution in [0.1, 0.15) is 12.8 Å². The van der Waals surface area contributed by atoms with Crippen molar-refractivity contribution in [1.82, 2.24) is 0 Å². The topological polar surface area (TPSA) is 78.8 Å². The van der Waals surface area contributed by atoms with Gasteiger partial charge in [-0.3, -0.25) is 0 Å². The molecule has 0 saturated carbocycles. The summed E-state index contributed by atoms with van der Waals surface area (Å²) in [6.07, 6.45) is 2.38. The van der Waals surface area contributed by atoms with Crippen molar-refractivity contribution in [3.05, 3.63) is 0 Å². The average Bonchev–Trinajstić information content (AvgIpc) is 2.32. The van der Waals surface area contributed by atoms with E-state index in [0.717, 1.165) is 19.1 Å². The molecule has 0 bridgehead atoms. The molecule has 7 heteroatoms. The van der Waals surface area contributed by atoms with Crippen LogP contribution in [0, 0.1) is 0 Å². The van der Waals surface area contributed by atoms with Crippen molar-refractivity contribution in [2.45, 2.75) is 18.9 Å². The Balaban J connectivity index is 0.00000121. The molecule has 0 amide bonds. The second kappa shape index (κ2) is 5.81. The standard InChI is InChI=1S/C5H9NO4S.K/c7-11(8,9)6-4-5-2-1-3-10-5;/h4-5H,1-3H2,(H,7,8,9);/q;+1/p-1. The number of ether oxygens (including phenoxy) is 1. The molecule has 5 nitrogen and oxygen atoms in total. The van der Waals surface area contributed by atoms with Crippen LogP contribution in [0.25, 0.3) is 0 Å². The predicted molar refractivity (Wildman–Crippen MR) is 37.2 cm³/mol. The maximum Gasteiger partial charge on any atom is 1.00 e. The van der Waals surface area contributed by atoms with E-state index in [0.29, 0.717) is 6.61 Å². The van der Waals surface area contributed by atoms with Gasteiger partial charge in [0.25, 0.3) is 0 Å². The summed E-state index contributed by atoms with van der Waals surface area (Å²) < 4.78 is 37.7. The van der Waals surface area contributed by atoms with E-state index in [2.05, 4.69) is 4.40 Å². The minimum absolute atomic E-state index is 0. The molecule has 1 atom stereocenters. The SMILES string of the molecule is O=S(=O)([O-])N=CC1CCCO1.[K+]. The molecule has 1 aliphatic rings. The van der Waals surface area contributed by atoms with Gasteiger partial charge < -0.3 is 9.29 Å². The summed E-state index contributed by atoms with van der Waals surface area (Å²) in [6.45, 7) is 0.607. The Morgan fingerprint density at radius 1 is 1.58 bits per heavy atom. The fourth-order valence-electron chi connectivity index (χ4n) is 0.863. The first-order valence-corrected chi connectivity index (χ1v) is 4.57. The summed E-state index contributed by atoms with van der Waals surface area (Å²) in [5.74, 6) is 0. The van der Waals surface area contributed by atoms with Crippen LogP contribution in [0.3, 0.4) is 0 Å². The molecular weight excluding hydrogens is 209 g/mol. The van der Waals surface area contributed by atoms with Gasteiger partial charge in [0.15, 0.2) is 0 Å². The summed E-state index contributed by atoms with van der Waals surface area (Å²) in [7, 11) is -4.47. The van der Waals surface area contributed by atoms with E-state index in [1.165, 1.54) is 0 Å². The zero-order chi connectivity index (χ0) is 8.32. The number of rotatable bonds is 2. The van der Waals surface area contributed by atoms with Gasteiger partial charge in [-0.15, -0.1) is 0 Å². The molecule has 1 aliphatic heterocycles. The van der Waals surface area contributed by atoms with Crippen LogP contribution in [0.5, 0.6) is 0 Å². The predicted octanol–water partition coefficient (Wildman–Crippen LogP) is -3.30. The molecule has 12 heavy (non-hydrogen) atoms. The van der Waals surface area contributed by atoms with E-state index >= 15 is 0 Å². The largest absolute Gasteiger partial charge is 1.00 e. The van der Waals surface area contributed by atoms with E-state index in [-0.39, 0.29) is 57.5 Å². The number of hydrogen-bond donors (Lipinski definition) is 0. The summed E-state index contributed by atoms with van der Waals surface area (Å²) in [5.41, 5.74) is 0. The summed E-state index contributed by atoms with van der Waals surface area (Å²) in [6, 6.07) is 0. The van der Waals surface area contributed by atoms with Crippen LogP contribution in [0.2, 0.25) is 0 Å². The normalized spacial score (nSPS) is 24.2. The maximum atomic E-state index is 9.98. The molecule has 0 aromatic rings. The van der Waals surface area contributed by atoms with Gasteiger partial charge in [-0.05, 0) is 12.8 Å². The Hall–Kier alpha value is 1.18. The smallest absolute Gasteiger partial charge is 0.730 e. The second-order valence-electron chi connectivity index (χ2n) is 2.23. The Bertz CT molecular complexity index is 244. The zero-order valence-corrected chi connectivity index (χ0v) is 10.7. The van der Waals surface area contributed by atoms with Crippen LogP contribution in [0.15, 0.2) is 4.40 Å². The molecule has 1 rings (SSSR count). The number of nitrogens with zero attached hydrogens (tertiary/aromatic N) is 1. The van der Waals surface area contributed by atoms with E-state index in [1.807, 2.05) is 0 Å². The summed E-state index contributed by atoms with van der Waals surface area (Å²) in [4.78, 5) is 0. The molecule has 1 fully saturated rings. The van der Waals surface area contributed by atoms with E-state index < -0.39 is 10.3 Å². The van der Waals surface area contributed by atoms with Crippen LogP contribution >= 0.6 is 0 Å². The number of hydrogen-bond acceptors (Lipinski definition) is 4. The van der Waals surface area contributed by atoms with Crippen LogP contribution < -0.4 is 51.4 Å². The molecule has 0 radical (unpaired) electrons. The molecular formula is C5H8KNO4S. The molecule has 1 unspecified atom stereocenters. The maximum absolute atomic E-state index is 9.98. The van der Waals surface area contributed by atoms with E-state index in [1.54, 1.807) is 0 Å². The third kappa shape index (κ3) is 5.76. The molecule has 0 N–H and O–H groups in total. The zero-order valence-electron chi connectivity index (χ0n) is 6.76.